The second kappa shape index (κ2) is 5.13. The van der Waals surface area contributed by atoms with E-state index in [0.717, 1.165) is 9.90 Å². The molecule has 2 N–H and O–H groups in total. The van der Waals surface area contributed by atoms with Gasteiger partial charge in [-0.2, -0.15) is 0 Å². The summed E-state index contributed by atoms with van der Waals surface area (Å²) in [6, 6.07) is 0. The van der Waals surface area contributed by atoms with Crippen molar-refractivity contribution >= 4 is 35.0 Å². The van der Waals surface area contributed by atoms with E-state index in [1.54, 1.807) is 12.4 Å². The van der Waals surface area contributed by atoms with Crippen LogP contribution in [0.3, 0.4) is 0 Å². The third kappa shape index (κ3) is 3.21. The first-order valence-corrected chi connectivity index (χ1v) is 5.87. The summed E-state index contributed by atoms with van der Waals surface area (Å²) < 4.78 is 0.863. The summed E-state index contributed by atoms with van der Waals surface area (Å²) in [6.07, 6.45) is 0. The molecule has 82 valence electrons. The van der Waals surface area contributed by atoms with Gasteiger partial charge < -0.3 is 10.2 Å². The van der Waals surface area contributed by atoms with Crippen LogP contribution in [-0.4, -0.2) is 32.9 Å². The Morgan fingerprint density at radius 1 is 1.53 bits per heavy atom. The number of hydrogen-bond acceptors (Lipinski definition) is 5. The van der Waals surface area contributed by atoms with Crippen molar-refractivity contribution in [3.63, 3.8) is 0 Å². The first-order valence-electron chi connectivity index (χ1n) is 4.01. The second-order valence-corrected chi connectivity index (χ2v) is 4.91. The Bertz CT molecular complexity index is 362. The zero-order chi connectivity index (χ0) is 11.4. The van der Waals surface area contributed by atoms with Crippen molar-refractivity contribution in [3.05, 3.63) is 11.2 Å². The van der Waals surface area contributed by atoms with E-state index in [1.165, 1.54) is 23.1 Å². The number of aryl methyl sites for hydroxylation is 1. The number of aromatic nitrogens is 1. The van der Waals surface area contributed by atoms with Gasteiger partial charge in [0.05, 0.1) is 15.4 Å². The molecule has 0 unspecified atom stereocenters. The summed E-state index contributed by atoms with van der Waals surface area (Å²) in [5, 5.41) is 17.3. The lowest BCUT2D eigenvalue weighted by Crippen LogP contribution is -2.25. The highest BCUT2D eigenvalue weighted by atomic mass is 32.2. The fourth-order valence-corrected chi connectivity index (χ4v) is 2.84. The van der Waals surface area contributed by atoms with Crippen LogP contribution >= 0.6 is 23.1 Å². The largest absolute Gasteiger partial charge is 0.481 e. The molecule has 0 aliphatic carbocycles. The molecule has 0 aliphatic rings. The molecule has 5 nitrogen and oxygen atoms in total. The van der Waals surface area contributed by atoms with E-state index in [1.807, 2.05) is 0 Å². The van der Waals surface area contributed by atoms with Crippen LogP contribution in [0.25, 0.3) is 0 Å². The first kappa shape index (κ1) is 12.0. The lowest BCUT2D eigenvalue weighted by molar-refractivity contribution is -0.153. The summed E-state index contributed by atoms with van der Waals surface area (Å²) in [4.78, 5) is 25.1. The van der Waals surface area contributed by atoms with E-state index in [9.17, 15) is 9.59 Å². The van der Waals surface area contributed by atoms with Crippen molar-refractivity contribution in [2.24, 2.45) is 5.92 Å². The highest BCUT2D eigenvalue weighted by molar-refractivity contribution is 8.01. The van der Waals surface area contributed by atoms with Crippen molar-refractivity contribution in [2.75, 3.05) is 5.75 Å². The minimum Gasteiger partial charge on any atom is -0.481 e. The molecule has 15 heavy (non-hydrogen) atoms. The van der Waals surface area contributed by atoms with Crippen molar-refractivity contribution in [1.29, 1.82) is 0 Å². The molecule has 0 amide bonds. The third-order valence-corrected chi connectivity index (χ3v) is 4.10. The van der Waals surface area contributed by atoms with Gasteiger partial charge in [-0.3, -0.25) is 9.59 Å². The molecule has 0 spiro atoms. The zero-order valence-corrected chi connectivity index (χ0v) is 9.47. The van der Waals surface area contributed by atoms with Crippen molar-refractivity contribution in [1.82, 2.24) is 4.98 Å². The van der Waals surface area contributed by atoms with Gasteiger partial charge in [-0.15, -0.1) is 23.1 Å². The molecule has 0 atom stereocenters. The van der Waals surface area contributed by atoms with Crippen LogP contribution in [0.15, 0.2) is 9.72 Å². The third-order valence-electron chi connectivity index (χ3n) is 1.68. The van der Waals surface area contributed by atoms with E-state index in [-0.39, 0.29) is 5.75 Å². The highest BCUT2D eigenvalue weighted by Crippen LogP contribution is 2.27. The average Bonchev–Trinajstić information content (AvgIpc) is 2.51. The van der Waals surface area contributed by atoms with Gasteiger partial charge in [-0.05, 0) is 6.92 Å². The molecule has 0 saturated carbocycles. The number of thiazole rings is 1. The molecule has 0 aliphatic heterocycles. The number of hydrogen-bond donors (Lipinski definition) is 2. The van der Waals surface area contributed by atoms with Crippen molar-refractivity contribution < 1.29 is 19.8 Å². The number of rotatable bonds is 5. The fourth-order valence-electron chi connectivity index (χ4n) is 0.837. The molecule has 0 saturated heterocycles. The van der Waals surface area contributed by atoms with E-state index < -0.39 is 17.9 Å². The predicted molar refractivity (Wildman–Crippen MR) is 56.3 cm³/mol. The monoisotopic (exact) mass is 247 g/mol. The number of nitrogens with zero attached hydrogens (tertiary/aromatic N) is 1. The molecule has 0 fully saturated rings. The normalized spacial score (nSPS) is 10.5. The van der Waals surface area contributed by atoms with Crippen LogP contribution in [0.2, 0.25) is 0 Å². The maximum Gasteiger partial charge on any atom is 0.318 e. The van der Waals surface area contributed by atoms with Gasteiger partial charge >= 0.3 is 11.9 Å². The molecular weight excluding hydrogens is 238 g/mol. The summed E-state index contributed by atoms with van der Waals surface area (Å²) in [5.74, 6) is -3.96. The minimum atomic E-state index is -1.36. The molecule has 0 bridgehead atoms. The Morgan fingerprint density at radius 3 is 2.53 bits per heavy atom. The summed E-state index contributed by atoms with van der Waals surface area (Å²) in [7, 11) is 0. The van der Waals surface area contributed by atoms with Gasteiger partial charge in [0, 0.05) is 5.75 Å². The molecule has 0 radical (unpaired) electrons. The Labute approximate surface area is 94.2 Å². The molecule has 1 aromatic rings. The molecule has 1 aromatic heterocycles. The van der Waals surface area contributed by atoms with Gasteiger partial charge in [-0.25, -0.2) is 4.98 Å². The summed E-state index contributed by atoms with van der Waals surface area (Å²) >= 11 is 2.59. The summed E-state index contributed by atoms with van der Waals surface area (Å²) in [6.45, 7) is 1.80. The van der Waals surface area contributed by atoms with E-state index in [2.05, 4.69) is 4.98 Å². The van der Waals surface area contributed by atoms with Crippen molar-refractivity contribution in [2.45, 2.75) is 11.1 Å². The average molecular weight is 247 g/mol. The fraction of sp³-hybridized carbons (Fsp3) is 0.375. The smallest absolute Gasteiger partial charge is 0.318 e. The number of carboxylic acid groups (broad SMARTS) is 2. The van der Waals surface area contributed by atoms with Crippen LogP contribution < -0.4 is 0 Å². The lowest BCUT2D eigenvalue weighted by atomic mass is 10.2. The van der Waals surface area contributed by atoms with E-state index in [4.69, 9.17) is 10.2 Å². The van der Waals surface area contributed by atoms with Crippen LogP contribution in [-0.2, 0) is 9.59 Å². The number of thioether (sulfide) groups is 1. The zero-order valence-electron chi connectivity index (χ0n) is 7.84. The summed E-state index contributed by atoms with van der Waals surface area (Å²) in [5.41, 5.74) is 2.45. The second-order valence-electron chi connectivity index (χ2n) is 2.77. The standard InChI is InChI=1S/C8H9NO4S2/c1-4-8(15-3-9-4)14-2-5(6(10)11)7(12)13/h3,5H,2H2,1H3,(H,10,11)(H,12,13). The molecule has 0 aromatic carbocycles. The first-order chi connectivity index (χ1) is 7.02. The van der Waals surface area contributed by atoms with Crippen LogP contribution in [0.5, 0.6) is 0 Å². The quantitative estimate of drug-likeness (QED) is 0.603. The van der Waals surface area contributed by atoms with Gasteiger partial charge in [0.25, 0.3) is 0 Å². The van der Waals surface area contributed by atoms with Crippen LogP contribution in [0, 0.1) is 12.8 Å². The van der Waals surface area contributed by atoms with Crippen molar-refractivity contribution in [3.8, 4) is 0 Å². The van der Waals surface area contributed by atoms with Gasteiger partial charge in [0.1, 0.15) is 0 Å². The van der Waals surface area contributed by atoms with E-state index >= 15 is 0 Å². The number of aliphatic carboxylic acids is 2. The minimum absolute atomic E-state index is 0.0215. The van der Waals surface area contributed by atoms with E-state index in [0.29, 0.717) is 0 Å². The SMILES string of the molecule is Cc1ncsc1SCC(C(=O)O)C(=O)O. The van der Waals surface area contributed by atoms with Gasteiger partial charge in [-0.1, -0.05) is 0 Å². The Kier molecular flexibility index (Phi) is 4.10. The Hall–Kier alpha value is -1.08. The van der Waals surface area contributed by atoms with Gasteiger partial charge in [0.15, 0.2) is 5.92 Å². The van der Waals surface area contributed by atoms with Crippen LogP contribution in [0.4, 0.5) is 0 Å². The topological polar surface area (TPSA) is 87.5 Å². The van der Waals surface area contributed by atoms with Gasteiger partial charge in [0.2, 0.25) is 0 Å². The molecular formula is C8H9NO4S2. The predicted octanol–water partition coefficient (Wildman–Crippen LogP) is 1.33. The number of carbonyl (C=O) groups is 2. The number of carboxylic acids is 2. The molecule has 1 rings (SSSR count). The highest BCUT2D eigenvalue weighted by Gasteiger charge is 2.26. The molecule has 1 heterocycles. The maximum absolute atomic E-state index is 10.6. The Balaban J connectivity index is 2.59. The molecule has 7 heteroatoms. The lowest BCUT2D eigenvalue weighted by Gasteiger charge is -2.05. The van der Waals surface area contributed by atoms with Crippen LogP contribution in [0.1, 0.15) is 5.69 Å². The Morgan fingerprint density at radius 2 is 2.13 bits per heavy atom. The maximum atomic E-state index is 10.6.